The molecule has 2 aromatic rings. The lowest BCUT2D eigenvalue weighted by Crippen LogP contribution is -2.03. The first kappa shape index (κ1) is 13.4. The molecule has 0 bridgehead atoms. The van der Waals surface area contributed by atoms with E-state index in [1.807, 2.05) is 24.3 Å². The fourth-order valence-electron chi connectivity index (χ4n) is 1.68. The molecule has 2 aromatic carbocycles. The van der Waals surface area contributed by atoms with Gasteiger partial charge in [0.2, 0.25) is 0 Å². The zero-order valence-electron chi connectivity index (χ0n) is 9.41. The lowest BCUT2D eigenvalue weighted by molar-refractivity contribution is 0.178. The number of hydrogen-bond donors (Lipinski definition) is 1. The summed E-state index contributed by atoms with van der Waals surface area (Å²) in [5, 5.41) is 9.97. The van der Waals surface area contributed by atoms with Gasteiger partial charge in [0.15, 0.2) is 11.6 Å². The Morgan fingerprint density at radius 3 is 2.28 bits per heavy atom. The van der Waals surface area contributed by atoms with Crippen molar-refractivity contribution in [3.05, 3.63) is 68.8 Å². The quantitative estimate of drug-likeness (QED) is 0.825. The van der Waals surface area contributed by atoms with E-state index in [1.54, 1.807) is 0 Å². The van der Waals surface area contributed by atoms with Crippen LogP contribution in [0.3, 0.4) is 0 Å². The van der Waals surface area contributed by atoms with E-state index < -0.39 is 17.7 Å². The molecule has 0 aliphatic heterocycles. The highest BCUT2D eigenvalue weighted by Gasteiger charge is 2.11. The number of halogens is 3. The Morgan fingerprint density at radius 2 is 1.67 bits per heavy atom. The Bertz CT molecular complexity index is 540. The predicted molar refractivity (Wildman–Crippen MR) is 74.2 cm³/mol. The van der Waals surface area contributed by atoms with E-state index in [4.69, 9.17) is 0 Å². The number of hydrogen-bond acceptors (Lipinski definition) is 1. The van der Waals surface area contributed by atoms with Crippen molar-refractivity contribution >= 4 is 22.6 Å². The Balaban J connectivity index is 2.13. The van der Waals surface area contributed by atoms with Gasteiger partial charge >= 0.3 is 0 Å². The topological polar surface area (TPSA) is 20.2 Å². The van der Waals surface area contributed by atoms with Gasteiger partial charge in [0.25, 0.3) is 0 Å². The minimum atomic E-state index is -0.936. The van der Waals surface area contributed by atoms with E-state index in [0.29, 0.717) is 12.0 Å². The van der Waals surface area contributed by atoms with Crippen molar-refractivity contribution in [3.63, 3.8) is 0 Å². The third-order valence-corrected chi connectivity index (χ3v) is 3.39. The molecule has 1 unspecified atom stereocenters. The molecule has 0 saturated heterocycles. The van der Waals surface area contributed by atoms with Crippen molar-refractivity contribution in [2.45, 2.75) is 12.5 Å². The Hall–Kier alpha value is -1.01. The van der Waals surface area contributed by atoms with Crippen LogP contribution in [0.25, 0.3) is 0 Å². The number of aliphatic hydroxyl groups is 1. The molecule has 1 N–H and O–H groups in total. The van der Waals surface area contributed by atoms with Crippen molar-refractivity contribution in [2.24, 2.45) is 0 Å². The van der Waals surface area contributed by atoms with Crippen molar-refractivity contribution < 1.29 is 13.9 Å². The SMILES string of the molecule is OC(Cc1ccc(I)cc1)c1ccc(F)c(F)c1. The molecule has 94 valence electrons. The van der Waals surface area contributed by atoms with Crippen LogP contribution in [0.15, 0.2) is 42.5 Å². The van der Waals surface area contributed by atoms with Crippen molar-refractivity contribution in [1.82, 2.24) is 0 Å². The summed E-state index contributed by atoms with van der Waals surface area (Å²) in [4.78, 5) is 0. The standard InChI is InChI=1S/C14H11F2IO/c15-12-6-3-10(8-13(12)16)14(18)7-9-1-4-11(17)5-2-9/h1-6,8,14,18H,7H2. The van der Waals surface area contributed by atoms with Gasteiger partial charge in [-0.15, -0.1) is 0 Å². The molecule has 2 rings (SSSR count). The monoisotopic (exact) mass is 360 g/mol. The van der Waals surface area contributed by atoms with Crippen molar-refractivity contribution in [3.8, 4) is 0 Å². The van der Waals surface area contributed by atoms with Crippen LogP contribution in [0.1, 0.15) is 17.2 Å². The van der Waals surface area contributed by atoms with Gasteiger partial charge in [-0.25, -0.2) is 8.78 Å². The van der Waals surface area contributed by atoms with E-state index in [9.17, 15) is 13.9 Å². The second kappa shape index (κ2) is 5.75. The molecule has 0 fully saturated rings. The second-order valence-electron chi connectivity index (χ2n) is 4.02. The largest absolute Gasteiger partial charge is 0.388 e. The van der Waals surface area contributed by atoms with Crippen molar-refractivity contribution in [1.29, 1.82) is 0 Å². The summed E-state index contributed by atoms with van der Waals surface area (Å²) in [5.41, 5.74) is 1.33. The molecule has 0 aromatic heterocycles. The van der Waals surface area contributed by atoms with E-state index in [1.165, 1.54) is 6.07 Å². The predicted octanol–water partition coefficient (Wildman–Crippen LogP) is 3.85. The highest BCUT2D eigenvalue weighted by Crippen LogP contribution is 2.20. The summed E-state index contributed by atoms with van der Waals surface area (Å²) in [6, 6.07) is 11.2. The maximum absolute atomic E-state index is 13.0. The molecule has 1 nitrogen and oxygen atoms in total. The van der Waals surface area contributed by atoms with Gasteiger partial charge in [0, 0.05) is 9.99 Å². The molecule has 0 saturated carbocycles. The van der Waals surface area contributed by atoms with Crippen LogP contribution in [-0.2, 0) is 6.42 Å². The highest BCUT2D eigenvalue weighted by atomic mass is 127. The molecule has 0 aliphatic rings. The van der Waals surface area contributed by atoms with Crippen LogP contribution in [0.2, 0.25) is 0 Å². The Morgan fingerprint density at radius 1 is 1.00 bits per heavy atom. The van der Waals surface area contributed by atoms with E-state index in [2.05, 4.69) is 22.6 Å². The van der Waals surface area contributed by atoms with E-state index in [0.717, 1.165) is 21.3 Å². The van der Waals surface area contributed by atoms with Gasteiger partial charge in [-0.3, -0.25) is 0 Å². The minimum Gasteiger partial charge on any atom is -0.388 e. The summed E-state index contributed by atoms with van der Waals surface area (Å²) >= 11 is 2.20. The van der Waals surface area contributed by atoms with E-state index >= 15 is 0 Å². The molecule has 0 spiro atoms. The van der Waals surface area contributed by atoms with Gasteiger partial charge in [-0.05, 0) is 58.0 Å². The number of aliphatic hydroxyl groups excluding tert-OH is 1. The molecule has 0 radical (unpaired) electrons. The zero-order chi connectivity index (χ0) is 13.1. The summed E-state index contributed by atoms with van der Waals surface area (Å²) in [6.07, 6.45) is -0.456. The molecule has 0 amide bonds. The number of benzene rings is 2. The molecule has 1 atom stereocenters. The van der Waals surface area contributed by atoms with Gasteiger partial charge in [-0.2, -0.15) is 0 Å². The first-order valence-electron chi connectivity index (χ1n) is 5.44. The Labute approximate surface area is 118 Å². The minimum absolute atomic E-state index is 0.377. The summed E-state index contributed by atoms with van der Waals surface area (Å²) < 4.78 is 26.9. The first-order valence-corrected chi connectivity index (χ1v) is 6.51. The fraction of sp³-hybridized carbons (Fsp3) is 0.143. The highest BCUT2D eigenvalue weighted by molar-refractivity contribution is 14.1. The van der Waals surface area contributed by atoms with E-state index in [-0.39, 0.29) is 0 Å². The van der Waals surface area contributed by atoms with Crippen LogP contribution < -0.4 is 0 Å². The maximum atomic E-state index is 13.0. The smallest absolute Gasteiger partial charge is 0.159 e. The fourth-order valence-corrected chi connectivity index (χ4v) is 2.04. The third-order valence-electron chi connectivity index (χ3n) is 2.67. The van der Waals surface area contributed by atoms with Gasteiger partial charge in [-0.1, -0.05) is 18.2 Å². The number of rotatable bonds is 3. The van der Waals surface area contributed by atoms with Gasteiger partial charge in [0.1, 0.15) is 0 Å². The average molecular weight is 360 g/mol. The van der Waals surface area contributed by atoms with Gasteiger partial charge < -0.3 is 5.11 Å². The molecule has 4 heteroatoms. The van der Waals surface area contributed by atoms with Crippen LogP contribution in [0.4, 0.5) is 8.78 Å². The molecule has 18 heavy (non-hydrogen) atoms. The lowest BCUT2D eigenvalue weighted by Gasteiger charge is -2.11. The van der Waals surface area contributed by atoms with Gasteiger partial charge in [0.05, 0.1) is 6.10 Å². The zero-order valence-corrected chi connectivity index (χ0v) is 11.6. The first-order chi connectivity index (χ1) is 8.56. The second-order valence-corrected chi connectivity index (χ2v) is 5.27. The van der Waals surface area contributed by atoms with Crippen LogP contribution in [0, 0.1) is 15.2 Å². The normalized spacial score (nSPS) is 12.4. The average Bonchev–Trinajstić information content (AvgIpc) is 2.35. The molecule has 0 aliphatic carbocycles. The maximum Gasteiger partial charge on any atom is 0.159 e. The van der Waals surface area contributed by atoms with Crippen LogP contribution in [0.5, 0.6) is 0 Å². The van der Waals surface area contributed by atoms with Crippen LogP contribution in [-0.4, -0.2) is 5.11 Å². The Kier molecular flexibility index (Phi) is 4.29. The van der Waals surface area contributed by atoms with Crippen molar-refractivity contribution in [2.75, 3.05) is 0 Å². The molecular weight excluding hydrogens is 349 g/mol. The summed E-state index contributed by atoms with van der Waals surface area (Å²) in [5.74, 6) is -1.84. The van der Waals surface area contributed by atoms with Crippen LogP contribution >= 0.6 is 22.6 Å². The third kappa shape index (κ3) is 3.26. The summed E-state index contributed by atoms with van der Waals surface area (Å²) in [7, 11) is 0. The lowest BCUT2D eigenvalue weighted by atomic mass is 10.0. The molecular formula is C14H11F2IO. The summed E-state index contributed by atoms with van der Waals surface area (Å²) in [6.45, 7) is 0. The molecule has 0 heterocycles.